The van der Waals surface area contributed by atoms with Gasteiger partial charge < -0.3 is 20.6 Å². The number of amides is 2. The highest BCUT2D eigenvalue weighted by atomic mass is 32.1. The molecule has 2 aliphatic rings. The first-order chi connectivity index (χ1) is 11.1. The third-order valence-electron chi connectivity index (χ3n) is 4.59. The Kier molecular flexibility index (Phi) is 5.30. The molecular formula is C16H23N3O3S. The van der Waals surface area contributed by atoms with E-state index in [1.54, 1.807) is 11.3 Å². The summed E-state index contributed by atoms with van der Waals surface area (Å²) < 4.78 is 0. The zero-order chi connectivity index (χ0) is 16.2. The Morgan fingerprint density at radius 3 is 3.04 bits per heavy atom. The molecule has 1 fully saturated rings. The normalized spacial score (nSPS) is 23.6. The van der Waals surface area contributed by atoms with Gasteiger partial charge in [0, 0.05) is 56.4 Å². The van der Waals surface area contributed by atoms with Gasteiger partial charge in [-0.05, 0) is 23.4 Å². The fourth-order valence-electron chi connectivity index (χ4n) is 3.10. The number of carbonyl (C=O) groups is 2. The van der Waals surface area contributed by atoms with Crippen molar-refractivity contribution in [1.29, 1.82) is 0 Å². The molecular weight excluding hydrogens is 314 g/mol. The molecule has 2 unspecified atom stereocenters. The summed E-state index contributed by atoms with van der Waals surface area (Å²) in [6, 6.07) is 2.08. The van der Waals surface area contributed by atoms with Crippen LogP contribution in [0.15, 0.2) is 11.4 Å². The monoisotopic (exact) mass is 337 g/mol. The van der Waals surface area contributed by atoms with Crippen LogP contribution in [0, 0.1) is 5.92 Å². The molecule has 0 aromatic carbocycles. The fraction of sp³-hybridized carbons (Fsp3) is 0.625. The predicted octanol–water partition coefficient (Wildman–Crippen LogP) is 0.110. The van der Waals surface area contributed by atoms with E-state index in [-0.39, 0.29) is 30.6 Å². The molecule has 23 heavy (non-hydrogen) atoms. The second-order valence-electron chi connectivity index (χ2n) is 6.22. The Labute approximate surface area is 139 Å². The van der Waals surface area contributed by atoms with Gasteiger partial charge in [0.2, 0.25) is 11.8 Å². The lowest BCUT2D eigenvalue weighted by Crippen LogP contribution is -2.37. The summed E-state index contributed by atoms with van der Waals surface area (Å²) in [6.07, 6.45) is 0.973. The van der Waals surface area contributed by atoms with Gasteiger partial charge >= 0.3 is 0 Å². The van der Waals surface area contributed by atoms with E-state index in [1.807, 2.05) is 4.90 Å². The van der Waals surface area contributed by atoms with Gasteiger partial charge in [0.15, 0.2) is 0 Å². The fourth-order valence-corrected chi connectivity index (χ4v) is 3.99. The van der Waals surface area contributed by atoms with E-state index in [2.05, 4.69) is 22.1 Å². The van der Waals surface area contributed by atoms with E-state index >= 15 is 0 Å². The van der Waals surface area contributed by atoms with Crippen LogP contribution in [0.3, 0.4) is 0 Å². The van der Waals surface area contributed by atoms with Crippen LogP contribution in [-0.2, 0) is 22.6 Å². The molecule has 0 saturated carbocycles. The van der Waals surface area contributed by atoms with Gasteiger partial charge in [0.05, 0.1) is 6.10 Å². The van der Waals surface area contributed by atoms with E-state index in [0.717, 1.165) is 19.5 Å². The third-order valence-corrected chi connectivity index (χ3v) is 5.61. The Morgan fingerprint density at radius 2 is 2.26 bits per heavy atom. The van der Waals surface area contributed by atoms with Crippen LogP contribution >= 0.6 is 11.3 Å². The molecule has 6 nitrogen and oxygen atoms in total. The summed E-state index contributed by atoms with van der Waals surface area (Å²) >= 11 is 1.75. The van der Waals surface area contributed by atoms with Gasteiger partial charge in [-0.25, -0.2) is 0 Å². The van der Waals surface area contributed by atoms with Crippen molar-refractivity contribution in [3.63, 3.8) is 0 Å². The average Bonchev–Trinajstić information content (AvgIpc) is 3.18. The largest absolute Gasteiger partial charge is 0.391 e. The lowest BCUT2D eigenvalue weighted by atomic mass is 10.1. The molecule has 1 aromatic heterocycles. The van der Waals surface area contributed by atoms with Crippen molar-refractivity contribution in [3.05, 3.63) is 21.9 Å². The number of fused-ring (bicyclic) bond motifs is 1. The summed E-state index contributed by atoms with van der Waals surface area (Å²) in [5, 5.41) is 17.6. The molecule has 2 atom stereocenters. The van der Waals surface area contributed by atoms with E-state index < -0.39 is 6.10 Å². The lowest BCUT2D eigenvalue weighted by molar-refractivity contribution is -0.134. The smallest absolute Gasteiger partial charge is 0.223 e. The van der Waals surface area contributed by atoms with Crippen LogP contribution in [0.1, 0.15) is 23.3 Å². The zero-order valence-electron chi connectivity index (χ0n) is 13.1. The minimum absolute atomic E-state index is 0.0413. The van der Waals surface area contributed by atoms with Crippen LogP contribution < -0.4 is 10.6 Å². The van der Waals surface area contributed by atoms with Crippen LogP contribution in [0.25, 0.3) is 0 Å². The first kappa shape index (κ1) is 16.4. The molecule has 3 heterocycles. The number of nitrogens with one attached hydrogen (secondary N) is 2. The molecule has 0 spiro atoms. The molecule has 2 aliphatic heterocycles. The number of aliphatic hydroxyl groups excluding tert-OH is 1. The first-order valence-electron chi connectivity index (χ1n) is 8.12. The Morgan fingerprint density at radius 1 is 1.39 bits per heavy atom. The second kappa shape index (κ2) is 7.42. The zero-order valence-corrected chi connectivity index (χ0v) is 13.9. The third kappa shape index (κ3) is 4.10. The van der Waals surface area contributed by atoms with Crippen molar-refractivity contribution in [3.8, 4) is 0 Å². The summed E-state index contributed by atoms with van der Waals surface area (Å²) in [6.45, 7) is 3.17. The summed E-state index contributed by atoms with van der Waals surface area (Å²) in [5.41, 5.74) is 1.24. The topological polar surface area (TPSA) is 81.7 Å². The SMILES string of the molecule is O=C(CCC(=O)N1CCc2sccc2C1)NCC1CNCC1O. The van der Waals surface area contributed by atoms with Gasteiger partial charge in [-0.3, -0.25) is 9.59 Å². The van der Waals surface area contributed by atoms with Crippen LogP contribution in [0.5, 0.6) is 0 Å². The summed E-state index contributed by atoms with van der Waals surface area (Å²) in [5.74, 6) is -0.0148. The number of thiophene rings is 1. The molecule has 0 bridgehead atoms. The van der Waals surface area contributed by atoms with Gasteiger partial charge in [0.25, 0.3) is 0 Å². The summed E-state index contributed by atoms with van der Waals surface area (Å²) in [4.78, 5) is 27.3. The number of nitrogens with zero attached hydrogens (tertiary/aromatic N) is 1. The van der Waals surface area contributed by atoms with Crippen LogP contribution in [0.4, 0.5) is 0 Å². The van der Waals surface area contributed by atoms with E-state index in [0.29, 0.717) is 19.6 Å². The number of hydrogen-bond donors (Lipinski definition) is 3. The predicted molar refractivity (Wildman–Crippen MR) is 88.1 cm³/mol. The van der Waals surface area contributed by atoms with Crippen molar-refractivity contribution in [1.82, 2.24) is 15.5 Å². The van der Waals surface area contributed by atoms with E-state index in [1.165, 1.54) is 10.4 Å². The van der Waals surface area contributed by atoms with Gasteiger partial charge in [0.1, 0.15) is 0 Å². The molecule has 1 saturated heterocycles. The maximum Gasteiger partial charge on any atom is 0.223 e. The Bertz CT molecular complexity index is 575. The Hall–Kier alpha value is -1.44. The highest BCUT2D eigenvalue weighted by Crippen LogP contribution is 2.24. The second-order valence-corrected chi connectivity index (χ2v) is 7.22. The van der Waals surface area contributed by atoms with Crippen molar-refractivity contribution >= 4 is 23.2 Å². The molecule has 0 aliphatic carbocycles. The minimum atomic E-state index is -0.398. The van der Waals surface area contributed by atoms with Crippen LogP contribution in [-0.4, -0.2) is 54.1 Å². The summed E-state index contributed by atoms with van der Waals surface area (Å²) in [7, 11) is 0. The molecule has 2 amide bonds. The Balaban J connectivity index is 1.38. The number of hydrogen-bond acceptors (Lipinski definition) is 5. The molecule has 7 heteroatoms. The van der Waals surface area contributed by atoms with Crippen molar-refractivity contribution in [2.45, 2.75) is 31.9 Å². The van der Waals surface area contributed by atoms with Crippen LogP contribution in [0.2, 0.25) is 0 Å². The quantitative estimate of drug-likeness (QED) is 0.712. The molecule has 3 N–H and O–H groups in total. The van der Waals surface area contributed by atoms with Gasteiger partial charge in [-0.1, -0.05) is 0 Å². The molecule has 126 valence electrons. The number of aliphatic hydroxyl groups is 1. The number of carbonyl (C=O) groups excluding carboxylic acids is 2. The first-order valence-corrected chi connectivity index (χ1v) is 9.00. The molecule has 3 rings (SSSR count). The average molecular weight is 337 g/mol. The molecule has 0 radical (unpaired) electrons. The highest BCUT2D eigenvalue weighted by molar-refractivity contribution is 7.10. The lowest BCUT2D eigenvalue weighted by Gasteiger charge is -2.27. The van der Waals surface area contributed by atoms with Crippen molar-refractivity contribution < 1.29 is 14.7 Å². The minimum Gasteiger partial charge on any atom is -0.391 e. The standard InChI is InChI=1S/C16H23N3O3S/c20-13-9-17-7-12(13)8-18-15(21)1-2-16(22)19-5-3-14-11(10-19)4-6-23-14/h4,6,12-13,17,20H,1-3,5,7-10H2,(H,18,21). The highest BCUT2D eigenvalue weighted by Gasteiger charge is 2.25. The molecule has 1 aromatic rings. The number of β-amino-alcohol motifs (C(OH)–C–C–N with tert-alkyl or cyclic N) is 1. The van der Waals surface area contributed by atoms with E-state index in [4.69, 9.17) is 0 Å². The maximum absolute atomic E-state index is 12.2. The van der Waals surface area contributed by atoms with E-state index in [9.17, 15) is 14.7 Å². The van der Waals surface area contributed by atoms with Gasteiger partial charge in [-0.15, -0.1) is 11.3 Å². The van der Waals surface area contributed by atoms with Crippen molar-refractivity contribution in [2.24, 2.45) is 5.92 Å². The van der Waals surface area contributed by atoms with Crippen molar-refractivity contribution in [2.75, 3.05) is 26.2 Å². The number of rotatable bonds is 5. The van der Waals surface area contributed by atoms with Gasteiger partial charge in [-0.2, -0.15) is 0 Å². The maximum atomic E-state index is 12.2.